The number of hydrogen-bond donors (Lipinski definition) is 4. The number of alkyl halides is 4. The third kappa shape index (κ3) is 2.60. The second-order valence-corrected chi connectivity index (χ2v) is 14.6. The number of benzene rings is 3. The molecule has 4 N–H and O–H groups in total. The van der Waals surface area contributed by atoms with Crippen LogP contribution in [0.4, 0.5) is 0 Å². The first-order chi connectivity index (χ1) is 20.5. The quantitative estimate of drug-likeness (QED) is 0.0916. The van der Waals surface area contributed by atoms with Gasteiger partial charge in [-0.25, -0.2) is 0 Å². The number of hydrogen-bond acceptors (Lipinski definition) is 8. The standard InChI is InChI=1S/C28H18Cl8O8/c1-41-27(42-2)23(33)11-12(24(27,34)20(30)19(23)29)16(38)8-6-10-9(5-7(8)15(11)37)17(39)13-14(18(10)40)26(36)22(32)21(31)25(13,35)28(26,43-3)44-4/h5-6,37-40H,1-4H3. The van der Waals surface area contributed by atoms with Crippen molar-refractivity contribution in [2.24, 2.45) is 0 Å². The molecular weight excluding hydrogens is 748 g/mol. The van der Waals surface area contributed by atoms with Crippen LogP contribution in [0.2, 0.25) is 0 Å². The van der Waals surface area contributed by atoms with E-state index in [1.807, 2.05) is 0 Å². The van der Waals surface area contributed by atoms with Gasteiger partial charge in [-0.05, 0) is 12.1 Å². The van der Waals surface area contributed by atoms with Gasteiger partial charge in [-0.15, -0.1) is 46.4 Å². The van der Waals surface area contributed by atoms with Crippen LogP contribution in [0.5, 0.6) is 23.0 Å². The van der Waals surface area contributed by atoms with Crippen molar-refractivity contribution in [2.75, 3.05) is 28.4 Å². The summed E-state index contributed by atoms with van der Waals surface area (Å²) in [6, 6.07) is 2.60. The first-order valence-electron chi connectivity index (χ1n) is 12.5. The van der Waals surface area contributed by atoms with Gasteiger partial charge in [0.1, 0.15) is 23.0 Å². The summed E-state index contributed by atoms with van der Waals surface area (Å²) in [4.78, 5) is -8.08. The number of aromatic hydroxyl groups is 4. The van der Waals surface area contributed by atoms with Gasteiger partial charge in [-0.1, -0.05) is 46.4 Å². The zero-order valence-electron chi connectivity index (χ0n) is 22.6. The molecule has 0 saturated heterocycles. The fraction of sp³-hybridized carbons (Fsp3) is 0.357. The molecule has 7 rings (SSSR count). The van der Waals surface area contributed by atoms with Gasteiger partial charge in [0.15, 0.2) is 19.5 Å². The molecule has 0 aromatic heterocycles. The molecule has 8 nitrogen and oxygen atoms in total. The second-order valence-electron chi connectivity index (χ2n) is 10.8. The maximum atomic E-state index is 11.8. The molecule has 234 valence electrons. The molecule has 0 saturated carbocycles. The summed E-state index contributed by atoms with van der Waals surface area (Å²) in [6.07, 6.45) is 0. The molecule has 0 amide bonds. The van der Waals surface area contributed by atoms with Gasteiger partial charge in [0.05, 0.1) is 20.1 Å². The molecule has 0 aliphatic heterocycles. The van der Waals surface area contributed by atoms with Crippen molar-refractivity contribution in [1.29, 1.82) is 0 Å². The Morgan fingerprint density at radius 3 is 0.773 bits per heavy atom. The van der Waals surface area contributed by atoms with Crippen LogP contribution < -0.4 is 0 Å². The van der Waals surface area contributed by atoms with E-state index in [0.29, 0.717) is 0 Å². The highest BCUT2D eigenvalue weighted by atomic mass is 35.5. The minimum Gasteiger partial charge on any atom is -0.507 e. The number of fused-ring (bicyclic) bond motifs is 12. The van der Waals surface area contributed by atoms with Crippen molar-refractivity contribution in [3.63, 3.8) is 0 Å². The van der Waals surface area contributed by atoms with Crippen LogP contribution >= 0.6 is 92.8 Å². The Kier molecular flexibility index (Phi) is 6.41. The van der Waals surface area contributed by atoms with E-state index in [4.69, 9.17) is 112 Å². The third-order valence-corrected chi connectivity index (χ3v) is 14.5. The van der Waals surface area contributed by atoms with E-state index >= 15 is 0 Å². The zero-order valence-corrected chi connectivity index (χ0v) is 28.6. The monoisotopic (exact) mass is 762 g/mol. The van der Waals surface area contributed by atoms with Crippen molar-refractivity contribution < 1.29 is 39.4 Å². The lowest BCUT2D eigenvalue weighted by Crippen LogP contribution is -2.53. The van der Waals surface area contributed by atoms with Crippen molar-refractivity contribution in [3.05, 3.63) is 54.5 Å². The van der Waals surface area contributed by atoms with Gasteiger partial charge in [0.25, 0.3) is 0 Å². The number of phenols is 4. The summed E-state index contributed by atoms with van der Waals surface area (Å²) in [6.45, 7) is 0. The highest BCUT2D eigenvalue weighted by Gasteiger charge is 2.83. The molecular formula is C28H18Cl8O8. The van der Waals surface area contributed by atoms with Gasteiger partial charge >= 0.3 is 0 Å². The molecule has 4 aliphatic carbocycles. The van der Waals surface area contributed by atoms with E-state index in [1.54, 1.807) is 0 Å². The lowest BCUT2D eigenvalue weighted by atomic mass is 9.86. The number of halogens is 8. The first-order valence-corrected chi connectivity index (χ1v) is 15.5. The smallest absolute Gasteiger partial charge is 0.226 e. The van der Waals surface area contributed by atoms with Crippen LogP contribution in [0.15, 0.2) is 32.3 Å². The lowest BCUT2D eigenvalue weighted by molar-refractivity contribution is -0.229. The van der Waals surface area contributed by atoms with Crippen LogP contribution in [0.3, 0.4) is 0 Å². The zero-order chi connectivity index (χ0) is 32.5. The third-order valence-electron chi connectivity index (χ3n) is 9.56. The van der Waals surface area contributed by atoms with Gasteiger partial charge in [0.2, 0.25) is 11.6 Å². The maximum Gasteiger partial charge on any atom is 0.226 e. The Balaban J connectivity index is 1.65. The first kappa shape index (κ1) is 31.6. The van der Waals surface area contributed by atoms with Crippen LogP contribution in [0, 0.1) is 0 Å². The van der Waals surface area contributed by atoms with Crippen LogP contribution in [0.25, 0.3) is 21.5 Å². The van der Waals surface area contributed by atoms with Crippen molar-refractivity contribution in [3.8, 4) is 23.0 Å². The largest absolute Gasteiger partial charge is 0.507 e. The van der Waals surface area contributed by atoms with E-state index in [2.05, 4.69) is 0 Å². The molecule has 0 radical (unpaired) electrons. The highest BCUT2D eigenvalue weighted by molar-refractivity contribution is 6.53. The van der Waals surface area contributed by atoms with E-state index in [-0.39, 0.29) is 63.9 Å². The Bertz CT molecular complexity index is 1720. The summed E-state index contributed by atoms with van der Waals surface area (Å²) >= 11 is 54.9. The summed E-state index contributed by atoms with van der Waals surface area (Å²) in [5, 5.41) is 46.3. The molecule has 0 fully saturated rings. The molecule has 3 aromatic carbocycles. The molecule has 44 heavy (non-hydrogen) atoms. The fourth-order valence-corrected chi connectivity index (χ4v) is 11.8. The lowest BCUT2D eigenvalue weighted by Gasteiger charge is -2.40. The predicted octanol–water partition coefficient (Wildman–Crippen LogP) is 7.96. The normalized spacial score (nSPS) is 32.5. The number of ether oxygens (including phenoxy) is 4. The molecule has 3 aromatic rings. The van der Waals surface area contributed by atoms with Crippen molar-refractivity contribution >= 4 is 114 Å². The van der Waals surface area contributed by atoms with Crippen LogP contribution in [-0.2, 0) is 38.4 Å². The topological polar surface area (TPSA) is 118 Å². The molecule has 16 heteroatoms. The average molecular weight is 766 g/mol. The van der Waals surface area contributed by atoms with Gasteiger partial charge in [-0.3, -0.25) is 0 Å². The Labute approximate surface area is 289 Å². The second kappa shape index (κ2) is 8.92. The van der Waals surface area contributed by atoms with Crippen molar-refractivity contribution in [1.82, 2.24) is 0 Å². The SMILES string of the molecule is COC1(OC)C2(Cl)C(Cl)=C(Cl)C1(Cl)c1c2c(O)c2cc3c(O)c4c(c(O)c3cc2c1O)C1(Cl)C(Cl)=C(Cl)C4(Cl)C1(OC)OC. The van der Waals surface area contributed by atoms with Gasteiger partial charge < -0.3 is 39.4 Å². The number of rotatable bonds is 4. The van der Waals surface area contributed by atoms with E-state index in [1.165, 1.54) is 40.6 Å². The van der Waals surface area contributed by atoms with Gasteiger partial charge in [-0.2, -0.15) is 0 Å². The predicted molar refractivity (Wildman–Crippen MR) is 169 cm³/mol. The average Bonchev–Trinajstić information content (AvgIpc) is 3.42. The Morgan fingerprint density at radius 2 is 0.614 bits per heavy atom. The summed E-state index contributed by atoms with van der Waals surface area (Å²) in [5.41, 5.74) is -0.538. The summed E-state index contributed by atoms with van der Waals surface area (Å²) in [7, 11) is 5.02. The van der Waals surface area contributed by atoms with Crippen molar-refractivity contribution in [2.45, 2.75) is 31.1 Å². The fourth-order valence-electron chi connectivity index (χ4n) is 7.78. The summed E-state index contributed by atoms with van der Waals surface area (Å²) < 4.78 is 22.8. The molecule has 0 heterocycles. The molecule has 4 aliphatic rings. The minimum absolute atomic E-state index is 0.0327. The molecule has 4 atom stereocenters. The molecule has 4 unspecified atom stereocenters. The highest BCUT2D eigenvalue weighted by Crippen LogP contribution is 2.80. The molecule has 4 bridgehead atoms. The maximum absolute atomic E-state index is 11.8. The summed E-state index contributed by atoms with van der Waals surface area (Å²) in [5.74, 6) is -6.01. The Morgan fingerprint density at radius 1 is 0.432 bits per heavy atom. The number of phenolic OH excluding ortho intramolecular Hbond substituents is 4. The van der Waals surface area contributed by atoms with Gasteiger partial charge in [0, 0.05) is 72.2 Å². The van der Waals surface area contributed by atoms with Crippen LogP contribution in [0.1, 0.15) is 22.3 Å². The van der Waals surface area contributed by atoms with E-state index in [0.717, 1.165) is 0 Å². The van der Waals surface area contributed by atoms with E-state index in [9.17, 15) is 20.4 Å². The minimum atomic E-state index is -2.02. The number of methoxy groups -OCH3 is 4. The van der Waals surface area contributed by atoms with E-state index < -0.39 is 54.1 Å². The van der Waals surface area contributed by atoms with Crippen LogP contribution in [-0.4, -0.2) is 60.4 Å². The Hall–Kier alpha value is -0.980. The molecule has 0 spiro atoms.